The van der Waals surface area contributed by atoms with E-state index in [2.05, 4.69) is 33.9 Å². The van der Waals surface area contributed by atoms with Gasteiger partial charge < -0.3 is 5.11 Å². The van der Waals surface area contributed by atoms with E-state index in [1.807, 2.05) is 30.3 Å². The number of nitrogens with zero attached hydrogens (tertiary/aromatic N) is 4. The van der Waals surface area contributed by atoms with Crippen molar-refractivity contribution in [3.05, 3.63) is 55.0 Å². The maximum Gasteiger partial charge on any atom is 0.412 e. The first-order valence-corrected chi connectivity index (χ1v) is 10.5. The molecule has 0 atom stereocenters. The highest BCUT2D eigenvalue weighted by Crippen LogP contribution is 2.31. The number of amides is 1. The molecule has 0 aliphatic heterocycles. The fraction of sp³-hybridized carbons (Fsp3) is 0.391. The molecule has 1 aliphatic rings. The number of hydrogen-bond donors (Lipinski definition) is 1. The summed E-state index contributed by atoms with van der Waals surface area (Å²) in [6.45, 7) is 3.03. The zero-order valence-corrected chi connectivity index (χ0v) is 18.1. The molecule has 1 amide bonds. The summed E-state index contributed by atoms with van der Waals surface area (Å²) in [6, 6.07) is 12.1. The molecule has 6 nitrogen and oxygen atoms in total. The average Bonchev–Trinajstić information content (AvgIpc) is 3.16. The van der Waals surface area contributed by atoms with Crippen molar-refractivity contribution in [3.8, 4) is 0 Å². The number of fused-ring (bicyclic) bond motifs is 1. The minimum atomic E-state index is -0.861. The maximum absolute atomic E-state index is 12.0. The number of rotatable bonds is 6. The fourth-order valence-electron chi connectivity index (χ4n) is 4.38. The molecular formula is C23H29ClN4O2. The van der Waals surface area contributed by atoms with E-state index >= 15 is 0 Å². The number of benzene rings is 1. The normalized spacial score (nSPS) is 14.3. The van der Waals surface area contributed by atoms with E-state index in [0.29, 0.717) is 0 Å². The lowest BCUT2D eigenvalue weighted by atomic mass is 9.94. The number of aromatic nitrogens is 2. The van der Waals surface area contributed by atoms with E-state index in [0.717, 1.165) is 60.9 Å². The number of hydrogen-bond acceptors (Lipinski definition) is 3. The van der Waals surface area contributed by atoms with Crippen molar-refractivity contribution in [3.63, 3.8) is 0 Å². The van der Waals surface area contributed by atoms with Gasteiger partial charge in [-0.25, -0.2) is 4.79 Å². The lowest BCUT2D eigenvalue weighted by Gasteiger charge is -2.32. The van der Waals surface area contributed by atoms with E-state index < -0.39 is 6.09 Å². The van der Waals surface area contributed by atoms with Crippen LogP contribution >= 0.6 is 12.4 Å². The van der Waals surface area contributed by atoms with Crippen LogP contribution in [-0.2, 0) is 0 Å². The standard InChI is InChI=1S/C23H28N4O2.ClH/c1-2-15-25(19-10-13-24-14-11-19)26-16-12-18-17-21(8-9-22(18)26)27(23(28)29)20-6-4-3-5-7-20;/h8-14,16-17,20H,2-7,15H2,1H3,(H,28,29);1H. The molecule has 0 bridgehead atoms. The highest BCUT2D eigenvalue weighted by molar-refractivity contribution is 5.92. The molecule has 3 aromatic rings. The number of anilines is 2. The number of carboxylic acid groups (broad SMARTS) is 1. The van der Waals surface area contributed by atoms with Crippen molar-refractivity contribution >= 4 is 40.8 Å². The predicted octanol–water partition coefficient (Wildman–Crippen LogP) is 5.95. The molecule has 7 heteroatoms. The summed E-state index contributed by atoms with van der Waals surface area (Å²) >= 11 is 0. The summed E-state index contributed by atoms with van der Waals surface area (Å²) in [6.07, 6.45) is 11.1. The molecule has 0 unspecified atom stereocenters. The second-order valence-corrected chi connectivity index (χ2v) is 7.68. The summed E-state index contributed by atoms with van der Waals surface area (Å²) in [5.74, 6) is 0. The highest BCUT2D eigenvalue weighted by Gasteiger charge is 2.27. The second kappa shape index (κ2) is 9.85. The molecule has 2 aromatic heterocycles. The fourth-order valence-corrected chi connectivity index (χ4v) is 4.38. The van der Waals surface area contributed by atoms with Crippen molar-refractivity contribution < 1.29 is 9.90 Å². The Morgan fingerprint density at radius 2 is 1.83 bits per heavy atom. The van der Waals surface area contributed by atoms with Crippen LogP contribution < -0.4 is 9.91 Å². The van der Waals surface area contributed by atoms with Crippen molar-refractivity contribution in [2.24, 2.45) is 0 Å². The molecule has 0 spiro atoms. The monoisotopic (exact) mass is 428 g/mol. The predicted molar refractivity (Wildman–Crippen MR) is 124 cm³/mol. The number of carbonyl (C=O) groups is 1. The first-order valence-electron chi connectivity index (χ1n) is 10.5. The lowest BCUT2D eigenvalue weighted by Crippen LogP contribution is -2.40. The molecule has 0 radical (unpaired) electrons. The summed E-state index contributed by atoms with van der Waals surface area (Å²) in [7, 11) is 0. The van der Waals surface area contributed by atoms with Gasteiger partial charge in [0.15, 0.2) is 0 Å². The quantitative estimate of drug-likeness (QED) is 0.526. The van der Waals surface area contributed by atoms with Gasteiger partial charge in [-0.1, -0.05) is 26.2 Å². The Kier molecular flexibility index (Phi) is 7.21. The molecule has 1 fully saturated rings. The molecule has 2 heterocycles. The molecule has 0 saturated heterocycles. The van der Waals surface area contributed by atoms with E-state index in [1.165, 1.54) is 6.42 Å². The van der Waals surface area contributed by atoms with Crippen LogP contribution in [0.4, 0.5) is 16.2 Å². The van der Waals surface area contributed by atoms with Gasteiger partial charge in [0.25, 0.3) is 0 Å². The van der Waals surface area contributed by atoms with Gasteiger partial charge in [0.05, 0.1) is 11.2 Å². The van der Waals surface area contributed by atoms with Crippen LogP contribution in [-0.4, -0.2) is 33.4 Å². The van der Waals surface area contributed by atoms with Gasteiger partial charge in [-0.3, -0.25) is 19.6 Å². The van der Waals surface area contributed by atoms with Crippen LogP contribution in [0.2, 0.25) is 0 Å². The molecular weight excluding hydrogens is 400 g/mol. The molecule has 30 heavy (non-hydrogen) atoms. The Bertz CT molecular complexity index is 970. The van der Waals surface area contributed by atoms with Crippen molar-refractivity contribution in [2.75, 3.05) is 16.5 Å². The van der Waals surface area contributed by atoms with E-state index in [1.54, 1.807) is 17.3 Å². The third-order valence-corrected chi connectivity index (χ3v) is 5.73. The summed E-state index contributed by atoms with van der Waals surface area (Å²) in [5, 5.41) is 13.1. The average molecular weight is 429 g/mol. The van der Waals surface area contributed by atoms with Crippen LogP contribution in [0.1, 0.15) is 45.4 Å². The lowest BCUT2D eigenvalue weighted by molar-refractivity contribution is 0.196. The molecule has 4 rings (SSSR count). The topological polar surface area (TPSA) is 61.6 Å². The van der Waals surface area contributed by atoms with E-state index in [9.17, 15) is 9.90 Å². The van der Waals surface area contributed by atoms with Crippen molar-refractivity contribution in [2.45, 2.75) is 51.5 Å². The zero-order valence-electron chi connectivity index (χ0n) is 17.3. The SMILES string of the molecule is CCCN(c1ccncc1)n1ccc2cc(N(C(=O)O)C3CCCCC3)ccc21.Cl. The third-order valence-electron chi connectivity index (χ3n) is 5.73. The first-order chi connectivity index (χ1) is 14.2. The second-order valence-electron chi connectivity index (χ2n) is 7.68. The number of pyridine rings is 1. The summed E-state index contributed by atoms with van der Waals surface area (Å²) < 4.78 is 2.14. The Hall–Kier alpha value is -2.73. The number of halogens is 1. The molecule has 160 valence electrons. The van der Waals surface area contributed by atoms with Crippen LogP contribution in [0.15, 0.2) is 55.0 Å². The Morgan fingerprint density at radius 1 is 1.10 bits per heavy atom. The van der Waals surface area contributed by atoms with Crippen molar-refractivity contribution in [1.82, 2.24) is 9.66 Å². The van der Waals surface area contributed by atoms with Gasteiger partial charge in [0, 0.05) is 42.3 Å². The van der Waals surface area contributed by atoms with Crippen LogP contribution in [0.5, 0.6) is 0 Å². The summed E-state index contributed by atoms with van der Waals surface area (Å²) in [5.41, 5.74) is 2.91. The van der Waals surface area contributed by atoms with Gasteiger partial charge in [-0.05, 0) is 55.7 Å². The highest BCUT2D eigenvalue weighted by atomic mass is 35.5. The van der Waals surface area contributed by atoms with Gasteiger partial charge in [0.2, 0.25) is 0 Å². The van der Waals surface area contributed by atoms with Crippen LogP contribution in [0.25, 0.3) is 10.9 Å². The summed E-state index contributed by atoms with van der Waals surface area (Å²) in [4.78, 5) is 17.7. The zero-order chi connectivity index (χ0) is 20.2. The van der Waals surface area contributed by atoms with Crippen LogP contribution in [0, 0.1) is 0 Å². The maximum atomic E-state index is 12.0. The first kappa shape index (κ1) is 22.0. The van der Waals surface area contributed by atoms with Gasteiger partial charge >= 0.3 is 6.09 Å². The minimum Gasteiger partial charge on any atom is -0.465 e. The molecule has 1 N–H and O–H groups in total. The molecule has 1 aliphatic carbocycles. The Labute approximate surface area is 183 Å². The van der Waals surface area contributed by atoms with E-state index in [4.69, 9.17) is 0 Å². The van der Waals surface area contributed by atoms with E-state index in [-0.39, 0.29) is 18.4 Å². The molecule has 1 aromatic carbocycles. The minimum absolute atomic E-state index is 0. The van der Waals surface area contributed by atoms with Crippen molar-refractivity contribution in [1.29, 1.82) is 0 Å². The smallest absolute Gasteiger partial charge is 0.412 e. The Balaban J connectivity index is 0.00000256. The Morgan fingerprint density at radius 3 is 2.50 bits per heavy atom. The van der Waals surface area contributed by atoms with Gasteiger partial charge in [-0.15, -0.1) is 12.4 Å². The third kappa shape index (κ3) is 4.38. The van der Waals surface area contributed by atoms with Gasteiger partial charge in [-0.2, -0.15) is 0 Å². The largest absolute Gasteiger partial charge is 0.465 e. The van der Waals surface area contributed by atoms with Crippen LogP contribution in [0.3, 0.4) is 0 Å². The molecule has 1 saturated carbocycles. The van der Waals surface area contributed by atoms with Gasteiger partial charge in [0.1, 0.15) is 0 Å².